The number of nitrogens with zero attached hydrogens (tertiary/aromatic N) is 5. The largest absolute Gasteiger partial charge is 0.347 e. The fourth-order valence-corrected chi connectivity index (χ4v) is 2.73. The van der Waals surface area contributed by atoms with Gasteiger partial charge in [-0.15, -0.1) is 5.10 Å². The molecule has 1 aromatic heterocycles. The van der Waals surface area contributed by atoms with Gasteiger partial charge in [0.2, 0.25) is 5.91 Å². The molecule has 8 nitrogen and oxygen atoms in total. The maximum atomic E-state index is 12.6. The third kappa shape index (κ3) is 2.51. The Morgan fingerprint density at radius 2 is 2.14 bits per heavy atom. The first-order chi connectivity index (χ1) is 10.1. The summed E-state index contributed by atoms with van der Waals surface area (Å²) in [5, 5.41) is 11.1. The molecule has 2 aliphatic rings. The van der Waals surface area contributed by atoms with Gasteiger partial charge in [-0.2, -0.15) is 0 Å². The Bertz CT molecular complexity index is 551. The second-order valence-corrected chi connectivity index (χ2v) is 5.79. The van der Waals surface area contributed by atoms with Crippen LogP contribution in [0.4, 0.5) is 0 Å². The van der Waals surface area contributed by atoms with Crippen LogP contribution in [0.25, 0.3) is 0 Å². The zero-order chi connectivity index (χ0) is 15.0. The molecule has 0 radical (unpaired) electrons. The molecule has 0 spiro atoms. The number of hydrogen-bond donors (Lipinski definition) is 1. The molecule has 0 aromatic carbocycles. The predicted molar refractivity (Wildman–Crippen MR) is 74.7 cm³/mol. The Labute approximate surface area is 123 Å². The van der Waals surface area contributed by atoms with Gasteiger partial charge in [0.25, 0.3) is 5.91 Å². The van der Waals surface area contributed by atoms with Crippen LogP contribution in [0.5, 0.6) is 0 Å². The van der Waals surface area contributed by atoms with E-state index in [-0.39, 0.29) is 23.9 Å². The lowest BCUT2D eigenvalue weighted by Gasteiger charge is -2.26. The van der Waals surface area contributed by atoms with E-state index >= 15 is 0 Å². The first-order valence-corrected chi connectivity index (χ1v) is 7.22. The summed E-state index contributed by atoms with van der Waals surface area (Å²) in [6, 6.07) is -0.0974. The van der Waals surface area contributed by atoms with Gasteiger partial charge in [-0.05, 0) is 12.8 Å². The van der Waals surface area contributed by atoms with E-state index < -0.39 is 0 Å². The van der Waals surface area contributed by atoms with E-state index in [1.807, 2.05) is 0 Å². The molecule has 21 heavy (non-hydrogen) atoms. The second-order valence-electron chi connectivity index (χ2n) is 5.79. The molecule has 1 aromatic rings. The Hall–Kier alpha value is -1.96. The summed E-state index contributed by atoms with van der Waals surface area (Å²) in [5.74, 6) is -0.234. The maximum absolute atomic E-state index is 12.6. The van der Waals surface area contributed by atoms with E-state index in [1.165, 1.54) is 4.90 Å². The number of rotatable bonds is 3. The van der Waals surface area contributed by atoms with Crippen molar-refractivity contribution in [1.82, 2.24) is 30.1 Å². The number of carbonyl (C=O) groups excluding carboxylic acids is 2. The van der Waals surface area contributed by atoms with Crippen LogP contribution < -0.4 is 5.32 Å². The first kappa shape index (κ1) is 14.0. The third-order valence-electron chi connectivity index (χ3n) is 4.10. The van der Waals surface area contributed by atoms with Gasteiger partial charge in [-0.25, -0.2) is 4.68 Å². The smallest absolute Gasteiger partial charge is 0.276 e. The molecule has 2 fully saturated rings. The van der Waals surface area contributed by atoms with Crippen molar-refractivity contribution in [2.75, 3.05) is 33.7 Å². The zero-order valence-corrected chi connectivity index (χ0v) is 12.3. The van der Waals surface area contributed by atoms with Gasteiger partial charge in [-0.1, -0.05) is 5.21 Å². The second kappa shape index (κ2) is 5.44. The molecule has 1 unspecified atom stereocenters. The molecule has 2 aliphatic heterocycles. The minimum atomic E-state index is -0.372. The van der Waals surface area contributed by atoms with Crippen LogP contribution in [0.3, 0.4) is 0 Å². The highest BCUT2D eigenvalue weighted by Crippen LogP contribution is 2.21. The Kier molecular flexibility index (Phi) is 3.62. The zero-order valence-electron chi connectivity index (χ0n) is 12.3. The number of amides is 2. The summed E-state index contributed by atoms with van der Waals surface area (Å²) in [6.07, 6.45) is 3.24. The SMILES string of the molecule is CN(C)C(=O)C1CCCN1C(=O)c1cn(C2CNC2)nn1. The molecule has 1 atom stereocenters. The van der Waals surface area contributed by atoms with Crippen LogP contribution in [-0.2, 0) is 4.79 Å². The molecular formula is C13H20N6O2. The van der Waals surface area contributed by atoms with E-state index in [1.54, 1.807) is 29.9 Å². The monoisotopic (exact) mass is 292 g/mol. The van der Waals surface area contributed by atoms with Gasteiger partial charge in [0.1, 0.15) is 6.04 Å². The molecule has 2 saturated heterocycles. The van der Waals surface area contributed by atoms with Crippen molar-refractivity contribution in [2.24, 2.45) is 0 Å². The van der Waals surface area contributed by atoms with Crippen LogP contribution in [0.1, 0.15) is 29.4 Å². The number of likely N-dealkylation sites (N-methyl/N-ethyl adjacent to an activating group) is 1. The van der Waals surface area contributed by atoms with Crippen molar-refractivity contribution < 1.29 is 9.59 Å². The highest BCUT2D eigenvalue weighted by molar-refractivity contribution is 5.96. The molecule has 3 rings (SSSR count). The van der Waals surface area contributed by atoms with Crippen molar-refractivity contribution in [3.05, 3.63) is 11.9 Å². The van der Waals surface area contributed by atoms with Gasteiger partial charge in [0.15, 0.2) is 5.69 Å². The summed E-state index contributed by atoms with van der Waals surface area (Å²) >= 11 is 0. The lowest BCUT2D eigenvalue weighted by molar-refractivity contribution is -0.132. The van der Waals surface area contributed by atoms with Crippen molar-refractivity contribution in [2.45, 2.75) is 24.9 Å². The number of aromatic nitrogens is 3. The van der Waals surface area contributed by atoms with E-state index in [9.17, 15) is 9.59 Å². The number of likely N-dealkylation sites (tertiary alicyclic amines) is 1. The first-order valence-electron chi connectivity index (χ1n) is 7.22. The summed E-state index contributed by atoms with van der Waals surface area (Å²) < 4.78 is 1.72. The normalized spacial score (nSPS) is 22.2. The van der Waals surface area contributed by atoms with Gasteiger partial charge in [-0.3, -0.25) is 9.59 Å². The minimum absolute atomic E-state index is 0.0311. The number of carbonyl (C=O) groups is 2. The highest BCUT2D eigenvalue weighted by Gasteiger charge is 2.36. The fourth-order valence-electron chi connectivity index (χ4n) is 2.73. The lowest BCUT2D eigenvalue weighted by atomic mass is 10.2. The van der Waals surface area contributed by atoms with Gasteiger partial charge < -0.3 is 15.1 Å². The molecule has 0 saturated carbocycles. The van der Waals surface area contributed by atoms with E-state index in [0.29, 0.717) is 18.7 Å². The van der Waals surface area contributed by atoms with Gasteiger partial charge in [0.05, 0.1) is 12.2 Å². The van der Waals surface area contributed by atoms with Gasteiger partial charge in [0, 0.05) is 33.7 Å². The molecule has 1 N–H and O–H groups in total. The molecule has 2 amide bonds. The molecular weight excluding hydrogens is 272 g/mol. The summed E-state index contributed by atoms with van der Waals surface area (Å²) in [5.41, 5.74) is 0.320. The van der Waals surface area contributed by atoms with Crippen LogP contribution in [0, 0.1) is 0 Å². The van der Waals surface area contributed by atoms with E-state index in [2.05, 4.69) is 15.6 Å². The van der Waals surface area contributed by atoms with E-state index in [4.69, 9.17) is 0 Å². The summed E-state index contributed by atoms with van der Waals surface area (Å²) in [7, 11) is 3.42. The Balaban J connectivity index is 1.74. The lowest BCUT2D eigenvalue weighted by Crippen LogP contribution is -2.45. The number of hydrogen-bond acceptors (Lipinski definition) is 5. The van der Waals surface area contributed by atoms with Gasteiger partial charge >= 0.3 is 0 Å². The Morgan fingerprint density at radius 3 is 2.76 bits per heavy atom. The van der Waals surface area contributed by atoms with Crippen molar-refractivity contribution in [3.8, 4) is 0 Å². The molecule has 0 aliphatic carbocycles. The highest BCUT2D eigenvalue weighted by atomic mass is 16.2. The van der Waals surface area contributed by atoms with Crippen LogP contribution in [0.2, 0.25) is 0 Å². The Morgan fingerprint density at radius 1 is 1.38 bits per heavy atom. The van der Waals surface area contributed by atoms with E-state index in [0.717, 1.165) is 19.5 Å². The van der Waals surface area contributed by atoms with Crippen LogP contribution in [-0.4, -0.2) is 76.4 Å². The predicted octanol–water partition coefficient (Wildman–Crippen LogP) is -0.885. The average Bonchev–Trinajstić information content (AvgIpc) is 3.03. The average molecular weight is 292 g/mol. The minimum Gasteiger partial charge on any atom is -0.347 e. The topological polar surface area (TPSA) is 83.4 Å². The van der Waals surface area contributed by atoms with Crippen molar-refractivity contribution in [1.29, 1.82) is 0 Å². The van der Waals surface area contributed by atoms with Crippen LogP contribution >= 0.6 is 0 Å². The van der Waals surface area contributed by atoms with Crippen LogP contribution in [0.15, 0.2) is 6.20 Å². The maximum Gasteiger partial charge on any atom is 0.276 e. The summed E-state index contributed by atoms with van der Waals surface area (Å²) in [4.78, 5) is 27.8. The quantitative estimate of drug-likeness (QED) is 0.782. The fraction of sp³-hybridized carbons (Fsp3) is 0.692. The molecule has 0 bridgehead atoms. The van der Waals surface area contributed by atoms with Crippen molar-refractivity contribution >= 4 is 11.8 Å². The molecule has 3 heterocycles. The third-order valence-corrected chi connectivity index (χ3v) is 4.10. The number of nitrogens with one attached hydrogen (secondary N) is 1. The molecule has 114 valence electrons. The standard InChI is InChI=1S/C13H20N6O2/c1-17(2)13(21)11-4-3-5-18(11)12(20)10-8-19(16-15-10)9-6-14-7-9/h8-9,11,14H,3-7H2,1-2H3. The summed E-state index contributed by atoms with van der Waals surface area (Å²) in [6.45, 7) is 2.30. The molecule has 8 heteroatoms. The van der Waals surface area contributed by atoms with Crippen molar-refractivity contribution in [3.63, 3.8) is 0 Å².